The molecule has 1 aliphatic rings. The predicted molar refractivity (Wildman–Crippen MR) is 113 cm³/mol. The monoisotopic (exact) mass is 515 g/mol. The van der Waals surface area contributed by atoms with Gasteiger partial charge in [0.05, 0.1) is 0 Å². The molecule has 2 aromatic carbocycles. The lowest BCUT2D eigenvalue weighted by molar-refractivity contribution is 0.0171. The number of benzene rings is 2. The first kappa shape index (κ1) is 20.4. The van der Waals surface area contributed by atoms with Gasteiger partial charge in [-0.15, -0.1) is 0 Å². The molecule has 0 radical (unpaired) electrons. The van der Waals surface area contributed by atoms with Gasteiger partial charge in [0, 0.05) is 68.7 Å². The molecular weight excluding hydrogens is 497 g/mol. The summed E-state index contributed by atoms with van der Waals surface area (Å²) in [4.78, 5) is 15.9. The minimum atomic E-state index is -3.29. The summed E-state index contributed by atoms with van der Waals surface area (Å²) in [5, 5.41) is 0.758. The van der Waals surface area contributed by atoms with Crippen molar-refractivity contribution < 1.29 is 22.4 Å². The van der Waals surface area contributed by atoms with Crippen LogP contribution in [0.15, 0.2) is 36.4 Å². The number of aromatic nitrogens is 1. The molecule has 0 aliphatic heterocycles. The van der Waals surface area contributed by atoms with Gasteiger partial charge < -0.3 is 4.98 Å². The van der Waals surface area contributed by atoms with Crippen molar-refractivity contribution in [2.24, 2.45) is 5.92 Å². The van der Waals surface area contributed by atoms with Gasteiger partial charge >= 0.3 is 3.93 Å². The average Bonchev–Trinajstić information content (AvgIpc) is 2.96. The Bertz CT molecular complexity index is 1090. The Hall–Kier alpha value is -1.90. The van der Waals surface area contributed by atoms with Crippen molar-refractivity contribution in [3.63, 3.8) is 0 Å². The fourth-order valence-electron chi connectivity index (χ4n) is 3.96. The first-order chi connectivity index (χ1) is 13.5. The normalized spacial score (nSPS) is 17.6. The predicted octanol–water partition coefficient (Wildman–Crippen LogP) is 7.20. The number of ketones is 1. The van der Waals surface area contributed by atoms with Crippen LogP contribution in [0.2, 0.25) is 0 Å². The molecule has 0 saturated heterocycles. The highest BCUT2D eigenvalue weighted by Crippen LogP contribution is 2.43. The van der Waals surface area contributed by atoms with Gasteiger partial charge in [0.1, 0.15) is 0 Å². The molecule has 3 aromatic rings. The van der Waals surface area contributed by atoms with Crippen molar-refractivity contribution >= 4 is 39.3 Å². The van der Waals surface area contributed by atoms with E-state index in [4.69, 9.17) is 0 Å². The van der Waals surface area contributed by atoms with Crippen molar-refractivity contribution in [3.8, 4) is 11.3 Å². The summed E-state index contributed by atoms with van der Waals surface area (Å²) in [6.45, 7) is 2.56. The van der Waals surface area contributed by atoms with Crippen molar-refractivity contribution in [1.29, 1.82) is 0 Å². The van der Waals surface area contributed by atoms with E-state index in [1.807, 2.05) is 6.92 Å². The number of H-pyrrole nitrogens is 1. The molecule has 0 saturated carbocycles. The number of carbonyl (C=O) groups is 1. The molecule has 1 aromatic heterocycles. The number of alkyl halides is 5. The van der Waals surface area contributed by atoms with Crippen LogP contribution in [-0.2, 0) is 16.3 Å². The molecule has 4 rings (SSSR count). The number of rotatable bonds is 3. The van der Waals surface area contributed by atoms with Crippen molar-refractivity contribution in [3.05, 3.63) is 58.7 Å². The lowest BCUT2D eigenvalue weighted by Gasteiger charge is -2.17. The zero-order chi connectivity index (χ0) is 21.1. The number of carbonyl (C=O) groups excluding carboxylic acids is 1. The average molecular weight is 515 g/mol. The van der Waals surface area contributed by atoms with Gasteiger partial charge in [-0.3, -0.25) is 4.79 Å². The Morgan fingerprint density at radius 3 is 2.45 bits per heavy atom. The topological polar surface area (TPSA) is 32.9 Å². The minimum absolute atomic E-state index is 0.0354. The first-order valence-corrected chi connectivity index (χ1v) is 10.3. The fraction of sp³-hybridized carbons (Fsp3) is 0.318. The number of Topliss-reactive ketones (excluding diaryl/α,β-unsaturated/α-hetero) is 1. The number of nitrogens with one attached hydrogen (secondary N) is 1. The SMILES string of the molecule is CC1CCc2c(-c3cc(C(C)(F)F)cc(C(F)(F)I)c3)[nH]c3cccc(c23)C1=O. The van der Waals surface area contributed by atoms with Gasteiger partial charge in [-0.05, 0) is 48.2 Å². The zero-order valence-electron chi connectivity index (χ0n) is 15.8. The molecule has 1 N–H and O–H groups in total. The van der Waals surface area contributed by atoms with Crippen LogP contribution in [-0.4, -0.2) is 10.8 Å². The van der Waals surface area contributed by atoms with Crippen LogP contribution in [0.1, 0.15) is 47.3 Å². The van der Waals surface area contributed by atoms with Gasteiger partial charge in [-0.2, -0.15) is 8.78 Å². The summed E-state index contributed by atoms with van der Waals surface area (Å²) in [5.41, 5.74) is 1.94. The lowest BCUT2D eigenvalue weighted by Crippen LogP contribution is -2.11. The molecule has 29 heavy (non-hydrogen) atoms. The van der Waals surface area contributed by atoms with E-state index >= 15 is 0 Å². The number of hydrogen-bond acceptors (Lipinski definition) is 1. The third-order valence-electron chi connectivity index (χ3n) is 5.52. The van der Waals surface area contributed by atoms with Gasteiger partial charge in [0.15, 0.2) is 5.78 Å². The Morgan fingerprint density at radius 1 is 1.10 bits per heavy atom. The Balaban J connectivity index is 2.01. The lowest BCUT2D eigenvalue weighted by atomic mass is 9.96. The van der Waals surface area contributed by atoms with E-state index in [2.05, 4.69) is 4.98 Å². The van der Waals surface area contributed by atoms with E-state index in [0.717, 1.165) is 39.6 Å². The maximum Gasteiger partial charge on any atom is 0.321 e. The quantitative estimate of drug-likeness (QED) is 0.224. The second kappa shape index (κ2) is 6.82. The van der Waals surface area contributed by atoms with E-state index in [1.54, 1.807) is 18.2 Å². The largest absolute Gasteiger partial charge is 0.354 e. The molecule has 2 nitrogen and oxygen atoms in total. The van der Waals surface area contributed by atoms with E-state index in [9.17, 15) is 22.4 Å². The maximum absolute atomic E-state index is 14.0. The Morgan fingerprint density at radius 2 is 1.79 bits per heavy atom. The summed E-state index contributed by atoms with van der Waals surface area (Å²) in [7, 11) is 0. The molecule has 0 bridgehead atoms. The number of hydrogen-bond donors (Lipinski definition) is 1. The molecule has 1 aliphatic carbocycles. The molecule has 0 spiro atoms. The Labute approximate surface area is 178 Å². The maximum atomic E-state index is 14.0. The molecule has 152 valence electrons. The van der Waals surface area contributed by atoms with Crippen LogP contribution < -0.4 is 0 Å². The van der Waals surface area contributed by atoms with Crippen LogP contribution in [0.3, 0.4) is 0 Å². The highest BCUT2D eigenvalue weighted by atomic mass is 127. The van der Waals surface area contributed by atoms with Crippen LogP contribution in [0.25, 0.3) is 22.2 Å². The van der Waals surface area contributed by atoms with Crippen LogP contribution in [0.5, 0.6) is 0 Å². The van der Waals surface area contributed by atoms with Crippen molar-refractivity contribution in [1.82, 2.24) is 4.98 Å². The van der Waals surface area contributed by atoms with Crippen molar-refractivity contribution in [2.45, 2.75) is 36.5 Å². The molecule has 1 heterocycles. The standard InChI is InChI=1S/C22H18F4INO/c1-11-6-7-15-18-16(20(11)29)4-3-5-17(18)28-19(15)12-8-13(21(2,23)24)10-14(9-12)22(25,26)27/h3-5,8-11,28H,6-7H2,1-2H3. The highest BCUT2D eigenvalue weighted by molar-refractivity contribution is 14.1. The summed E-state index contributed by atoms with van der Waals surface area (Å²) >= 11 is 0.951. The molecule has 1 atom stereocenters. The summed E-state index contributed by atoms with van der Waals surface area (Å²) in [6, 6.07) is 8.68. The van der Waals surface area contributed by atoms with Gasteiger partial charge in [0.2, 0.25) is 0 Å². The highest BCUT2D eigenvalue weighted by Gasteiger charge is 2.33. The second-order valence-electron chi connectivity index (χ2n) is 7.70. The van der Waals surface area contributed by atoms with E-state index in [1.165, 1.54) is 12.1 Å². The summed E-state index contributed by atoms with van der Waals surface area (Å²) in [6.07, 6.45) is 1.16. The molecule has 7 heteroatoms. The van der Waals surface area contributed by atoms with E-state index in [-0.39, 0.29) is 17.3 Å². The number of aromatic amines is 1. The van der Waals surface area contributed by atoms with Crippen LogP contribution in [0, 0.1) is 5.92 Å². The summed E-state index contributed by atoms with van der Waals surface area (Å²) in [5.74, 6) is -3.39. The molecule has 1 unspecified atom stereocenters. The van der Waals surface area contributed by atoms with Gasteiger partial charge in [0.25, 0.3) is 5.92 Å². The fourth-order valence-corrected chi connectivity index (χ4v) is 4.28. The Kier molecular flexibility index (Phi) is 4.79. The van der Waals surface area contributed by atoms with E-state index in [0.29, 0.717) is 36.5 Å². The van der Waals surface area contributed by atoms with Crippen LogP contribution >= 0.6 is 22.6 Å². The third kappa shape index (κ3) is 3.58. The number of halogens is 5. The first-order valence-electron chi connectivity index (χ1n) is 9.25. The smallest absolute Gasteiger partial charge is 0.321 e. The van der Waals surface area contributed by atoms with Gasteiger partial charge in [-0.25, -0.2) is 8.78 Å². The molecule has 0 fully saturated rings. The minimum Gasteiger partial charge on any atom is -0.354 e. The summed E-state index contributed by atoms with van der Waals surface area (Å²) < 4.78 is 52.9. The third-order valence-corrected chi connectivity index (χ3v) is 6.15. The van der Waals surface area contributed by atoms with Gasteiger partial charge in [-0.1, -0.05) is 19.1 Å². The molecular formula is C22H18F4INO. The molecule has 0 amide bonds. The zero-order valence-corrected chi connectivity index (χ0v) is 17.9. The van der Waals surface area contributed by atoms with Crippen LogP contribution in [0.4, 0.5) is 17.6 Å². The van der Waals surface area contributed by atoms with Crippen molar-refractivity contribution in [2.75, 3.05) is 0 Å². The number of aryl methyl sites for hydroxylation is 1. The van der Waals surface area contributed by atoms with E-state index < -0.39 is 21.0 Å². The second-order valence-corrected chi connectivity index (χ2v) is 9.05.